The Labute approximate surface area is 148 Å². The van der Waals surface area contributed by atoms with Gasteiger partial charge in [0.05, 0.1) is 0 Å². The van der Waals surface area contributed by atoms with Crippen molar-refractivity contribution in [1.82, 2.24) is 0 Å². The van der Waals surface area contributed by atoms with Crippen LogP contribution in [0.3, 0.4) is 0 Å². The van der Waals surface area contributed by atoms with Gasteiger partial charge in [0.15, 0.2) is 0 Å². The number of benzene rings is 1. The lowest BCUT2D eigenvalue weighted by Gasteiger charge is -2.25. The largest absolute Gasteiger partial charge is 0.0951 e. The molecule has 0 spiro atoms. The predicted molar refractivity (Wildman–Crippen MR) is 105 cm³/mol. The van der Waals surface area contributed by atoms with Crippen LogP contribution in [0.25, 0.3) is 0 Å². The van der Waals surface area contributed by atoms with Gasteiger partial charge in [-0.25, -0.2) is 0 Å². The van der Waals surface area contributed by atoms with E-state index < -0.39 is 0 Å². The molecule has 0 bridgehead atoms. The highest BCUT2D eigenvalue weighted by molar-refractivity contribution is 5.39. The van der Waals surface area contributed by atoms with E-state index in [2.05, 4.69) is 61.8 Å². The second-order valence-corrected chi connectivity index (χ2v) is 6.80. The van der Waals surface area contributed by atoms with E-state index in [4.69, 9.17) is 0 Å². The van der Waals surface area contributed by atoms with E-state index in [0.29, 0.717) is 5.92 Å². The van der Waals surface area contributed by atoms with Crippen molar-refractivity contribution in [3.8, 4) is 23.7 Å². The zero-order valence-electron chi connectivity index (χ0n) is 15.3. The molecule has 0 aliphatic heterocycles. The average molecular weight is 319 g/mol. The molecule has 0 amide bonds. The van der Waals surface area contributed by atoms with Crippen LogP contribution in [0.5, 0.6) is 0 Å². The summed E-state index contributed by atoms with van der Waals surface area (Å²) in [5, 5.41) is 0. The van der Waals surface area contributed by atoms with Crippen molar-refractivity contribution in [1.29, 1.82) is 0 Å². The summed E-state index contributed by atoms with van der Waals surface area (Å²) in [7, 11) is 0. The summed E-state index contributed by atoms with van der Waals surface area (Å²) in [5.41, 5.74) is 2.42. The molecule has 126 valence electrons. The first kappa shape index (κ1) is 18.4. The highest BCUT2D eigenvalue weighted by Crippen LogP contribution is 2.31. The summed E-state index contributed by atoms with van der Waals surface area (Å²) in [4.78, 5) is 0. The van der Waals surface area contributed by atoms with Crippen molar-refractivity contribution < 1.29 is 0 Å². The van der Waals surface area contributed by atoms with Gasteiger partial charge in [0, 0.05) is 11.5 Å². The lowest BCUT2D eigenvalue weighted by molar-refractivity contribution is 0.296. The number of allylic oxidation sites excluding steroid dienone is 2. The molecular weight excluding hydrogens is 288 g/mol. The van der Waals surface area contributed by atoms with Gasteiger partial charge in [0.25, 0.3) is 0 Å². The number of aryl methyl sites for hydroxylation is 1. The van der Waals surface area contributed by atoms with Crippen LogP contribution < -0.4 is 0 Å². The van der Waals surface area contributed by atoms with Gasteiger partial charge in [-0.15, -0.1) is 0 Å². The van der Waals surface area contributed by atoms with Crippen LogP contribution in [0.15, 0.2) is 36.4 Å². The van der Waals surface area contributed by atoms with Gasteiger partial charge >= 0.3 is 0 Å². The molecule has 1 fully saturated rings. The van der Waals surface area contributed by atoms with Gasteiger partial charge in [-0.3, -0.25) is 0 Å². The lowest BCUT2D eigenvalue weighted by atomic mass is 9.80. The molecule has 24 heavy (non-hydrogen) atoms. The monoisotopic (exact) mass is 318 g/mol. The van der Waals surface area contributed by atoms with Gasteiger partial charge in [-0.2, -0.15) is 0 Å². The average Bonchev–Trinajstić information content (AvgIpc) is 2.64. The Hall–Kier alpha value is -1.92. The molecule has 0 saturated heterocycles. The molecule has 2 rings (SSSR count). The quantitative estimate of drug-likeness (QED) is 0.583. The first-order chi connectivity index (χ1) is 11.8. The van der Waals surface area contributed by atoms with Crippen LogP contribution in [0.4, 0.5) is 0 Å². The first-order valence-electron chi connectivity index (χ1n) is 9.58. The minimum Gasteiger partial charge on any atom is -0.0951 e. The highest BCUT2D eigenvalue weighted by atomic mass is 14.2. The fourth-order valence-corrected chi connectivity index (χ4v) is 3.29. The van der Waals surface area contributed by atoms with E-state index in [1.807, 2.05) is 12.2 Å². The normalized spacial score (nSPS) is 20.1. The van der Waals surface area contributed by atoms with E-state index in [1.54, 1.807) is 0 Å². The number of hydrogen-bond acceptors (Lipinski definition) is 0. The zero-order valence-corrected chi connectivity index (χ0v) is 15.3. The van der Waals surface area contributed by atoms with Crippen LogP contribution in [0.2, 0.25) is 0 Å². The van der Waals surface area contributed by atoms with Gasteiger partial charge in [0.1, 0.15) is 0 Å². The topological polar surface area (TPSA) is 0 Å². The minimum atomic E-state index is 0.599. The van der Waals surface area contributed by atoms with E-state index in [1.165, 1.54) is 50.5 Å². The van der Waals surface area contributed by atoms with Crippen molar-refractivity contribution in [3.63, 3.8) is 0 Å². The molecule has 0 heterocycles. The fraction of sp³-hybridized carbons (Fsp3) is 0.500. The summed E-state index contributed by atoms with van der Waals surface area (Å²) in [6.07, 6.45) is 14.3. The van der Waals surface area contributed by atoms with Gasteiger partial charge in [-0.05, 0) is 67.9 Å². The molecule has 0 aromatic heterocycles. The Bertz CT molecular complexity index is 617. The van der Waals surface area contributed by atoms with E-state index >= 15 is 0 Å². The maximum absolute atomic E-state index is 3.41. The molecule has 0 heteroatoms. The van der Waals surface area contributed by atoms with E-state index in [-0.39, 0.29) is 0 Å². The third-order valence-corrected chi connectivity index (χ3v) is 4.93. The molecule has 0 atom stereocenters. The molecule has 0 unspecified atom stereocenters. The second kappa shape index (κ2) is 10.8. The van der Waals surface area contributed by atoms with Crippen LogP contribution in [-0.4, -0.2) is 0 Å². The lowest BCUT2D eigenvalue weighted by Crippen LogP contribution is -2.13. The molecule has 1 aliphatic rings. The SMILES string of the molecule is CCCC[C@H]1CC[C@H](C#C/C=C/C#Cc2ccc(CC)cc2)CC1. The maximum Gasteiger partial charge on any atom is 0.0249 e. The Morgan fingerprint density at radius 2 is 1.67 bits per heavy atom. The Morgan fingerprint density at radius 1 is 0.958 bits per heavy atom. The molecule has 0 radical (unpaired) electrons. The molecule has 0 N–H and O–H groups in total. The molecular formula is C24H30. The van der Waals surface area contributed by atoms with Gasteiger partial charge < -0.3 is 0 Å². The van der Waals surface area contributed by atoms with Crippen molar-refractivity contribution in [2.75, 3.05) is 0 Å². The van der Waals surface area contributed by atoms with Crippen LogP contribution in [0, 0.1) is 35.5 Å². The number of unbranched alkanes of at least 4 members (excludes halogenated alkanes) is 1. The minimum absolute atomic E-state index is 0.599. The summed E-state index contributed by atoms with van der Waals surface area (Å²) in [6.45, 7) is 4.45. The summed E-state index contributed by atoms with van der Waals surface area (Å²) in [6, 6.07) is 8.46. The summed E-state index contributed by atoms with van der Waals surface area (Å²) >= 11 is 0. The van der Waals surface area contributed by atoms with E-state index in [9.17, 15) is 0 Å². The summed E-state index contributed by atoms with van der Waals surface area (Å²) < 4.78 is 0. The van der Waals surface area contributed by atoms with Crippen LogP contribution in [-0.2, 0) is 6.42 Å². The predicted octanol–water partition coefficient (Wildman–Crippen LogP) is 6.16. The van der Waals surface area contributed by atoms with Gasteiger partial charge in [-0.1, -0.05) is 68.9 Å². The zero-order chi connectivity index (χ0) is 17.0. The van der Waals surface area contributed by atoms with Crippen molar-refractivity contribution in [3.05, 3.63) is 47.5 Å². The Morgan fingerprint density at radius 3 is 2.33 bits per heavy atom. The highest BCUT2D eigenvalue weighted by Gasteiger charge is 2.18. The maximum atomic E-state index is 3.41. The number of hydrogen-bond donors (Lipinski definition) is 0. The van der Waals surface area contributed by atoms with Crippen molar-refractivity contribution in [2.24, 2.45) is 11.8 Å². The molecule has 1 aliphatic carbocycles. The summed E-state index contributed by atoms with van der Waals surface area (Å²) in [5.74, 6) is 14.4. The van der Waals surface area contributed by atoms with Crippen LogP contribution in [0.1, 0.15) is 69.9 Å². The number of rotatable bonds is 4. The molecule has 1 aromatic rings. The standard InChI is InChI=1S/C24H30/c1-3-5-10-22-17-19-24(20-18-22)12-9-7-6-8-11-23-15-13-21(4-2)14-16-23/h6-7,13-16,22,24H,3-5,10,17-20H2,1-2H3/b7-6+/t22-,24-. The Balaban J connectivity index is 1.73. The van der Waals surface area contributed by atoms with Gasteiger partial charge in [0.2, 0.25) is 0 Å². The third kappa shape index (κ3) is 6.68. The smallest absolute Gasteiger partial charge is 0.0249 e. The fourth-order valence-electron chi connectivity index (χ4n) is 3.29. The Kier molecular flexibility index (Phi) is 8.27. The van der Waals surface area contributed by atoms with Crippen molar-refractivity contribution in [2.45, 2.75) is 65.2 Å². The van der Waals surface area contributed by atoms with Crippen LogP contribution >= 0.6 is 0 Å². The molecule has 1 saturated carbocycles. The third-order valence-electron chi connectivity index (χ3n) is 4.93. The first-order valence-corrected chi connectivity index (χ1v) is 9.58. The van der Waals surface area contributed by atoms with Crippen molar-refractivity contribution >= 4 is 0 Å². The second-order valence-electron chi connectivity index (χ2n) is 6.80. The van der Waals surface area contributed by atoms with E-state index in [0.717, 1.165) is 17.9 Å². The molecule has 0 nitrogen and oxygen atoms in total. The molecule has 1 aromatic carbocycles.